The summed E-state index contributed by atoms with van der Waals surface area (Å²) in [6, 6.07) is 13.8. The molecule has 4 aromatic rings. The van der Waals surface area contributed by atoms with E-state index in [0.29, 0.717) is 0 Å². The lowest BCUT2D eigenvalue weighted by Crippen LogP contribution is -2.64. The summed E-state index contributed by atoms with van der Waals surface area (Å²) in [5.74, 6) is -0.0975. The number of fused-ring (bicyclic) bond motifs is 3. The van der Waals surface area contributed by atoms with Gasteiger partial charge in [0, 0.05) is 53.9 Å². The van der Waals surface area contributed by atoms with Crippen LogP contribution in [0.2, 0.25) is 0 Å². The normalized spacial score (nSPS) is 17.1. The topological polar surface area (TPSA) is 96.4 Å². The standard InChI is InChI=1S/C26H23N5O3S/c1-17-7-8-20-18(9-17)12-29-22(24(20)19-10-27-16-28-11-19)13-31-23-6-4-3-5-21(23)26(25(31)32)14-30(15-26)35(2,33)34/h3-12,16H,13-15H2,1-2H3. The van der Waals surface area contributed by atoms with Crippen molar-refractivity contribution >= 4 is 32.4 Å². The fourth-order valence-corrected chi connectivity index (χ4v) is 6.16. The Labute approximate surface area is 203 Å². The molecule has 1 fully saturated rings. The van der Waals surface area contributed by atoms with Gasteiger partial charge in [-0.3, -0.25) is 9.78 Å². The summed E-state index contributed by atoms with van der Waals surface area (Å²) in [4.78, 5) is 28.8. The Morgan fingerprint density at radius 1 is 1.03 bits per heavy atom. The number of hydrogen-bond donors (Lipinski definition) is 0. The molecule has 0 aliphatic carbocycles. The van der Waals surface area contributed by atoms with Crippen molar-refractivity contribution in [2.24, 2.45) is 0 Å². The molecular formula is C26H23N5O3S. The number of sulfonamides is 1. The second-order valence-electron chi connectivity index (χ2n) is 9.32. The first kappa shape index (κ1) is 21.8. The van der Waals surface area contributed by atoms with E-state index >= 15 is 0 Å². The molecule has 2 aliphatic rings. The molecule has 0 unspecified atom stereocenters. The fraction of sp³-hybridized carbons (Fsp3) is 0.231. The molecule has 8 nitrogen and oxygen atoms in total. The number of hydrogen-bond acceptors (Lipinski definition) is 6. The van der Waals surface area contributed by atoms with Crippen molar-refractivity contribution in [3.05, 3.63) is 84.2 Å². The number of pyridine rings is 1. The van der Waals surface area contributed by atoms with E-state index in [1.54, 1.807) is 17.3 Å². The van der Waals surface area contributed by atoms with E-state index in [9.17, 15) is 13.2 Å². The van der Waals surface area contributed by atoms with Crippen LogP contribution in [0.1, 0.15) is 16.8 Å². The summed E-state index contributed by atoms with van der Waals surface area (Å²) in [7, 11) is -3.37. The molecule has 2 aliphatic heterocycles. The van der Waals surface area contributed by atoms with Crippen LogP contribution in [-0.2, 0) is 26.8 Å². The molecule has 1 saturated heterocycles. The zero-order valence-corrected chi connectivity index (χ0v) is 20.2. The highest BCUT2D eigenvalue weighted by Gasteiger charge is 2.60. The summed E-state index contributed by atoms with van der Waals surface area (Å²) in [6.07, 6.45) is 8.01. The number of nitrogens with zero attached hydrogens (tertiary/aromatic N) is 5. The Morgan fingerprint density at radius 2 is 1.77 bits per heavy atom. The van der Waals surface area contributed by atoms with E-state index in [0.717, 1.165) is 44.4 Å². The van der Waals surface area contributed by atoms with Gasteiger partial charge >= 0.3 is 0 Å². The van der Waals surface area contributed by atoms with E-state index in [2.05, 4.69) is 28.2 Å². The first-order valence-electron chi connectivity index (χ1n) is 11.3. The summed E-state index contributed by atoms with van der Waals surface area (Å²) in [6.45, 7) is 2.60. The Bertz CT molecular complexity index is 1600. The molecule has 2 aromatic heterocycles. The maximum absolute atomic E-state index is 13.9. The Balaban J connectivity index is 1.46. The van der Waals surface area contributed by atoms with E-state index in [-0.39, 0.29) is 25.5 Å². The van der Waals surface area contributed by atoms with E-state index in [1.165, 1.54) is 16.9 Å². The van der Waals surface area contributed by atoms with Crippen LogP contribution in [-0.4, -0.2) is 52.9 Å². The number of benzene rings is 2. The zero-order valence-electron chi connectivity index (χ0n) is 19.3. The quantitative estimate of drug-likeness (QED) is 0.441. The van der Waals surface area contributed by atoms with Crippen LogP contribution in [0.25, 0.3) is 21.9 Å². The smallest absolute Gasteiger partial charge is 0.240 e. The number of rotatable bonds is 4. The number of carbonyl (C=O) groups is 1. The summed E-state index contributed by atoms with van der Waals surface area (Å²) >= 11 is 0. The summed E-state index contributed by atoms with van der Waals surface area (Å²) < 4.78 is 25.5. The molecule has 9 heteroatoms. The van der Waals surface area contributed by atoms with Crippen LogP contribution in [0.4, 0.5) is 5.69 Å². The van der Waals surface area contributed by atoms with Gasteiger partial charge in [-0.2, -0.15) is 4.31 Å². The van der Waals surface area contributed by atoms with Crippen molar-refractivity contribution in [2.75, 3.05) is 24.2 Å². The van der Waals surface area contributed by atoms with Crippen molar-refractivity contribution < 1.29 is 13.2 Å². The predicted molar refractivity (Wildman–Crippen MR) is 133 cm³/mol. The largest absolute Gasteiger partial charge is 0.305 e. The first-order chi connectivity index (χ1) is 16.8. The van der Waals surface area contributed by atoms with Gasteiger partial charge in [-0.25, -0.2) is 18.4 Å². The third-order valence-electron chi connectivity index (χ3n) is 7.01. The molecule has 0 radical (unpaired) electrons. The van der Waals surface area contributed by atoms with Gasteiger partial charge in [0.1, 0.15) is 11.7 Å². The maximum Gasteiger partial charge on any atom is 0.240 e. The molecule has 0 saturated carbocycles. The van der Waals surface area contributed by atoms with Crippen LogP contribution < -0.4 is 4.90 Å². The van der Waals surface area contributed by atoms with Crippen LogP contribution in [0.15, 0.2) is 67.4 Å². The van der Waals surface area contributed by atoms with Crippen molar-refractivity contribution in [3.63, 3.8) is 0 Å². The van der Waals surface area contributed by atoms with Crippen LogP contribution >= 0.6 is 0 Å². The third kappa shape index (κ3) is 3.34. The number of amides is 1. The molecule has 0 atom stereocenters. The highest BCUT2D eigenvalue weighted by Crippen LogP contribution is 2.48. The van der Waals surface area contributed by atoms with Crippen LogP contribution in [0.3, 0.4) is 0 Å². The molecule has 6 rings (SSSR count). The number of carbonyl (C=O) groups excluding carboxylic acids is 1. The third-order valence-corrected chi connectivity index (χ3v) is 8.20. The predicted octanol–water partition coefficient (Wildman–Crippen LogP) is 3.06. The minimum Gasteiger partial charge on any atom is -0.305 e. The molecule has 0 N–H and O–H groups in total. The highest BCUT2D eigenvalue weighted by molar-refractivity contribution is 7.88. The van der Waals surface area contributed by atoms with Gasteiger partial charge < -0.3 is 4.90 Å². The number of anilines is 1. The molecule has 1 spiro atoms. The van der Waals surface area contributed by atoms with Crippen molar-refractivity contribution in [2.45, 2.75) is 18.9 Å². The Hall–Kier alpha value is -3.69. The van der Waals surface area contributed by atoms with Crippen molar-refractivity contribution in [3.8, 4) is 11.1 Å². The van der Waals surface area contributed by atoms with Gasteiger partial charge in [0.15, 0.2) is 0 Å². The van der Waals surface area contributed by atoms with Crippen molar-refractivity contribution in [1.82, 2.24) is 19.3 Å². The second kappa shape index (κ2) is 7.66. The van der Waals surface area contributed by atoms with E-state index in [4.69, 9.17) is 4.98 Å². The molecule has 1 amide bonds. The molecule has 35 heavy (non-hydrogen) atoms. The lowest BCUT2D eigenvalue weighted by atomic mass is 9.76. The number of para-hydroxylation sites is 1. The second-order valence-corrected chi connectivity index (χ2v) is 11.3. The van der Waals surface area contributed by atoms with Gasteiger partial charge in [-0.05, 0) is 30.0 Å². The maximum atomic E-state index is 13.9. The van der Waals surface area contributed by atoms with Gasteiger partial charge in [-0.1, -0.05) is 35.9 Å². The minimum atomic E-state index is -3.37. The van der Waals surface area contributed by atoms with Crippen LogP contribution in [0, 0.1) is 6.92 Å². The summed E-state index contributed by atoms with van der Waals surface area (Å²) in [5, 5.41) is 2.01. The fourth-order valence-electron chi connectivity index (χ4n) is 5.25. The molecule has 176 valence electrons. The first-order valence-corrected chi connectivity index (χ1v) is 13.1. The minimum absolute atomic E-state index is 0.0975. The number of aromatic nitrogens is 3. The average molecular weight is 486 g/mol. The lowest BCUT2D eigenvalue weighted by Gasteiger charge is -2.45. The lowest BCUT2D eigenvalue weighted by molar-refractivity contribution is -0.127. The molecule has 0 bridgehead atoms. The zero-order chi connectivity index (χ0) is 24.4. The monoisotopic (exact) mass is 485 g/mol. The van der Waals surface area contributed by atoms with Crippen molar-refractivity contribution in [1.29, 1.82) is 0 Å². The Morgan fingerprint density at radius 3 is 2.51 bits per heavy atom. The molecular weight excluding hydrogens is 462 g/mol. The number of aryl methyl sites for hydroxylation is 1. The Kier molecular flexibility index (Phi) is 4.77. The van der Waals surface area contributed by atoms with Gasteiger partial charge in [0.05, 0.1) is 18.5 Å². The van der Waals surface area contributed by atoms with Crippen LogP contribution in [0.5, 0.6) is 0 Å². The summed E-state index contributed by atoms with van der Waals surface area (Å²) in [5.41, 5.74) is 4.39. The SMILES string of the molecule is Cc1ccc2c(-c3cncnc3)c(CN3C(=O)C4(CN(S(C)(=O)=O)C4)c4ccccc43)ncc2c1. The van der Waals surface area contributed by atoms with Gasteiger partial charge in [0.25, 0.3) is 0 Å². The molecule has 4 heterocycles. The molecule has 2 aromatic carbocycles. The van der Waals surface area contributed by atoms with Gasteiger partial charge in [-0.15, -0.1) is 0 Å². The highest BCUT2D eigenvalue weighted by atomic mass is 32.2. The average Bonchev–Trinajstić information content (AvgIpc) is 3.06. The van der Waals surface area contributed by atoms with Gasteiger partial charge in [0.2, 0.25) is 15.9 Å². The van der Waals surface area contributed by atoms with E-state index < -0.39 is 15.4 Å². The van der Waals surface area contributed by atoms with E-state index in [1.807, 2.05) is 37.4 Å².